The van der Waals surface area contributed by atoms with Gasteiger partial charge in [0, 0.05) is 11.7 Å². The van der Waals surface area contributed by atoms with Gasteiger partial charge in [-0.3, -0.25) is 5.32 Å². The number of benzene rings is 1. The normalized spacial score (nSPS) is 12.8. The van der Waals surface area contributed by atoms with Crippen molar-refractivity contribution in [2.75, 3.05) is 18.4 Å². The van der Waals surface area contributed by atoms with E-state index in [2.05, 4.69) is 17.6 Å². The minimum absolute atomic E-state index is 0.257. The third kappa shape index (κ3) is 7.11. The van der Waals surface area contributed by atoms with Crippen molar-refractivity contribution in [2.24, 2.45) is 5.73 Å². The predicted octanol–water partition coefficient (Wildman–Crippen LogP) is 3.03. The third-order valence-corrected chi connectivity index (χ3v) is 2.89. The second-order valence-electron chi connectivity index (χ2n) is 6.07. The van der Waals surface area contributed by atoms with E-state index in [9.17, 15) is 4.79 Å². The molecule has 118 valence electrons. The van der Waals surface area contributed by atoms with Crippen molar-refractivity contribution in [1.29, 1.82) is 0 Å². The lowest BCUT2D eigenvalue weighted by Gasteiger charge is -2.20. The first-order chi connectivity index (χ1) is 9.81. The number of hydrogen-bond donors (Lipinski definition) is 3. The Morgan fingerprint density at radius 3 is 2.43 bits per heavy atom. The molecule has 5 heteroatoms. The largest absolute Gasteiger partial charge is 0.444 e. The number of nitrogens with one attached hydrogen (secondary N) is 2. The van der Waals surface area contributed by atoms with E-state index >= 15 is 0 Å². The van der Waals surface area contributed by atoms with Crippen LogP contribution in [0.15, 0.2) is 24.3 Å². The maximum atomic E-state index is 11.7. The molecule has 1 unspecified atom stereocenters. The van der Waals surface area contributed by atoms with E-state index in [0.717, 1.165) is 18.7 Å². The molecule has 0 saturated carbocycles. The van der Waals surface area contributed by atoms with Crippen molar-refractivity contribution >= 4 is 11.8 Å². The molecule has 0 bridgehead atoms. The molecule has 0 fully saturated rings. The molecule has 0 spiro atoms. The predicted molar refractivity (Wildman–Crippen MR) is 86.4 cm³/mol. The van der Waals surface area contributed by atoms with E-state index in [1.165, 1.54) is 5.56 Å². The summed E-state index contributed by atoms with van der Waals surface area (Å²) in [4.78, 5) is 11.7. The van der Waals surface area contributed by atoms with Gasteiger partial charge in [0.25, 0.3) is 0 Å². The molecule has 21 heavy (non-hydrogen) atoms. The average molecular weight is 293 g/mol. The highest BCUT2D eigenvalue weighted by molar-refractivity contribution is 5.84. The molecule has 1 atom stereocenters. The lowest BCUT2D eigenvalue weighted by molar-refractivity contribution is 0.0636. The summed E-state index contributed by atoms with van der Waals surface area (Å²) in [6.07, 6.45) is 0.521. The number of hydrogen-bond acceptors (Lipinski definition) is 4. The monoisotopic (exact) mass is 293 g/mol. The molecule has 0 saturated heterocycles. The van der Waals surface area contributed by atoms with Crippen molar-refractivity contribution in [3.63, 3.8) is 0 Å². The highest BCUT2D eigenvalue weighted by atomic mass is 16.6. The third-order valence-electron chi connectivity index (χ3n) is 2.89. The number of ether oxygens (including phenoxy) is 1. The van der Waals surface area contributed by atoms with Gasteiger partial charge < -0.3 is 15.8 Å². The standard InChI is InChI=1S/C16H27N3O2/c1-12(18-11-5-10-17)13-6-8-14(9-7-13)19-15(20)21-16(2,3)4/h6-9,12,18H,5,10-11,17H2,1-4H3,(H,19,20). The first kappa shape index (κ1) is 17.5. The smallest absolute Gasteiger partial charge is 0.412 e. The quantitative estimate of drug-likeness (QED) is 0.705. The molecule has 0 radical (unpaired) electrons. The minimum atomic E-state index is -0.495. The number of carbonyl (C=O) groups excluding carboxylic acids is 1. The molecule has 1 rings (SSSR count). The van der Waals surface area contributed by atoms with Crippen molar-refractivity contribution < 1.29 is 9.53 Å². The van der Waals surface area contributed by atoms with Crippen LogP contribution in [0.25, 0.3) is 0 Å². The Bertz CT molecular complexity index is 438. The van der Waals surface area contributed by atoms with E-state index < -0.39 is 11.7 Å². The van der Waals surface area contributed by atoms with Crippen LogP contribution in [0.2, 0.25) is 0 Å². The number of rotatable bonds is 6. The Kier molecular flexibility index (Phi) is 6.65. The Hall–Kier alpha value is -1.59. The maximum absolute atomic E-state index is 11.7. The number of nitrogens with two attached hydrogens (primary N) is 1. The van der Waals surface area contributed by atoms with Crippen LogP contribution in [0, 0.1) is 0 Å². The van der Waals surface area contributed by atoms with Crippen LogP contribution in [-0.4, -0.2) is 24.8 Å². The zero-order valence-electron chi connectivity index (χ0n) is 13.4. The lowest BCUT2D eigenvalue weighted by Crippen LogP contribution is -2.27. The Labute approximate surface area is 127 Å². The fourth-order valence-corrected chi connectivity index (χ4v) is 1.82. The molecule has 4 N–H and O–H groups in total. The summed E-state index contributed by atoms with van der Waals surface area (Å²) in [5.41, 5.74) is 6.87. The fourth-order valence-electron chi connectivity index (χ4n) is 1.82. The van der Waals surface area contributed by atoms with Gasteiger partial charge in [-0.05, 0) is 64.9 Å². The molecule has 5 nitrogen and oxygen atoms in total. The summed E-state index contributed by atoms with van der Waals surface area (Å²) in [7, 11) is 0. The molecule has 0 aromatic heterocycles. The first-order valence-corrected chi connectivity index (χ1v) is 7.35. The molecular weight excluding hydrogens is 266 g/mol. The van der Waals surface area contributed by atoms with Gasteiger partial charge in [0.1, 0.15) is 5.60 Å². The molecule has 1 aromatic carbocycles. The highest BCUT2D eigenvalue weighted by Crippen LogP contribution is 2.17. The van der Waals surface area contributed by atoms with Crippen molar-refractivity contribution in [3.05, 3.63) is 29.8 Å². The Morgan fingerprint density at radius 1 is 1.29 bits per heavy atom. The molecular formula is C16H27N3O2. The molecule has 1 amide bonds. The average Bonchev–Trinajstić information content (AvgIpc) is 2.37. The van der Waals surface area contributed by atoms with Crippen molar-refractivity contribution in [3.8, 4) is 0 Å². The van der Waals surface area contributed by atoms with Crippen LogP contribution in [0.5, 0.6) is 0 Å². The molecule has 0 aliphatic carbocycles. The van der Waals surface area contributed by atoms with Crippen LogP contribution in [0.1, 0.15) is 45.7 Å². The van der Waals surface area contributed by atoms with Gasteiger partial charge in [-0.2, -0.15) is 0 Å². The Balaban J connectivity index is 2.52. The summed E-state index contributed by atoms with van der Waals surface area (Å²) in [6, 6.07) is 7.99. The van der Waals surface area contributed by atoms with Crippen LogP contribution in [0.3, 0.4) is 0 Å². The Morgan fingerprint density at radius 2 is 1.90 bits per heavy atom. The lowest BCUT2D eigenvalue weighted by atomic mass is 10.1. The van der Waals surface area contributed by atoms with Gasteiger partial charge in [-0.25, -0.2) is 4.79 Å². The van der Waals surface area contributed by atoms with Crippen molar-refractivity contribution in [1.82, 2.24) is 5.32 Å². The number of anilines is 1. The van der Waals surface area contributed by atoms with E-state index in [0.29, 0.717) is 6.54 Å². The summed E-state index contributed by atoms with van der Waals surface area (Å²) < 4.78 is 5.21. The fraction of sp³-hybridized carbons (Fsp3) is 0.562. The summed E-state index contributed by atoms with van der Waals surface area (Å²) in [5.74, 6) is 0. The van der Waals surface area contributed by atoms with Crippen LogP contribution >= 0.6 is 0 Å². The second-order valence-corrected chi connectivity index (χ2v) is 6.07. The summed E-state index contributed by atoms with van der Waals surface area (Å²) in [6.45, 7) is 9.21. The highest BCUT2D eigenvalue weighted by Gasteiger charge is 2.16. The molecule has 1 aromatic rings. The van der Waals surface area contributed by atoms with E-state index in [1.54, 1.807) is 0 Å². The zero-order valence-corrected chi connectivity index (χ0v) is 13.4. The first-order valence-electron chi connectivity index (χ1n) is 7.35. The second kappa shape index (κ2) is 8.00. The molecule has 0 aliphatic rings. The van der Waals surface area contributed by atoms with Crippen LogP contribution < -0.4 is 16.4 Å². The van der Waals surface area contributed by atoms with Gasteiger partial charge in [0.2, 0.25) is 0 Å². The van der Waals surface area contributed by atoms with Crippen molar-refractivity contribution in [2.45, 2.75) is 45.8 Å². The number of amides is 1. The molecule has 0 heterocycles. The summed E-state index contributed by atoms with van der Waals surface area (Å²) in [5, 5.41) is 6.12. The SMILES string of the molecule is CC(NCCCN)c1ccc(NC(=O)OC(C)(C)C)cc1. The van der Waals surface area contributed by atoms with Crippen LogP contribution in [-0.2, 0) is 4.74 Å². The topological polar surface area (TPSA) is 76.4 Å². The van der Waals surface area contributed by atoms with Gasteiger partial charge >= 0.3 is 6.09 Å². The molecule has 0 aliphatic heterocycles. The van der Waals surface area contributed by atoms with Gasteiger partial charge in [0.15, 0.2) is 0 Å². The van der Waals surface area contributed by atoms with Gasteiger partial charge in [-0.1, -0.05) is 12.1 Å². The van der Waals surface area contributed by atoms with E-state index in [-0.39, 0.29) is 6.04 Å². The zero-order chi connectivity index (χ0) is 15.9. The maximum Gasteiger partial charge on any atom is 0.412 e. The van der Waals surface area contributed by atoms with E-state index in [4.69, 9.17) is 10.5 Å². The summed E-state index contributed by atoms with van der Waals surface area (Å²) >= 11 is 0. The van der Waals surface area contributed by atoms with Gasteiger partial charge in [-0.15, -0.1) is 0 Å². The number of carbonyl (C=O) groups is 1. The minimum Gasteiger partial charge on any atom is -0.444 e. The van der Waals surface area contributed by atoms with Gasteiger partial charge in [0.05, 0.1) is 0 Å². The van der Waals surface area contributed by atoms with Crippen LogP contribution in [0.4, 0.5) is 10.5 Å². The van der Waals surface area contributed by atoms with E-state index in [1.807, 2.05) is 45.0 Å².